The van der Waals surface area contributed by atoms with Crippen LogP contribution in [0.25, 0.3) is 0 Å². The van der Waals surface area contributed by atoms with Gasteiger partial charge in [0.1, 0.15) is 5.70 Å². The Bertz CT molecular complexity index is 241. The number of halogens is 4. The lowest BCUT2D eigenvalue weighted by Gasteiger charge is -2.04. The van der Waals surface area contributed by atoms with Crippen molar-refractivity contribution in [3.63, 3.8) is 0 Å². The molecule has 0 aromatic heterocycles. The van der Waals surface area contributed by atoms with Gasteiger partial charge < -0.3 is 17.3 Å². The summed E-state index contributed by atoms with van der Waals surface area (Å²) in [6.07, 6.45) is 1.96. The maximum atomic E-state index is 9.75. The van der Waals surface area contributed by atoms with E-state index < -0.39 is 7.25 Å². The summed E-state index contributed by atoms with van der Waals surface area (Å²) < 4.78 is 39.0. The first kappa shape index (κ1) is 13.2. The molecule has 0 amide bonds. The Morgan fingerprint density at radius 3 is 1.86 bits per heavy atom. The van der Waals surface area contributed by atoms with Crippen LogP contribution in [0.4, 0.5) is 17.3 Å². The monoisotopic (exact) mass is 212 g/mol. The number of aliphatic imine (C=N–C) groups is 1. The van der Waals surface area contributed by atoms with Gasteiger partial charge in [0.15, 0.2) is 6.34 Å². The van der Waals surface area contributed by atoms with E-state index in [9.17, 15) is 17.3 Å². The topological polar surface area (TPSA) is 16.8 Å². The van der Waals surface area contributed by atoms with Crippen molar-refractivity contribution < 1.29 is 22.2 Å². The Labute approximate surface area is 80.4 Å². The second-order valence-electron chi connectivity index (χ2n) is 2.84. The molecule has 1 unspecified atom stereocenters. The average Bonchev–Trinajstić information content (AvgIpc) is 2.30. The molecule has 1 atom stereocenters. The lowest BCUT2D eigenvalue weighted by molar-refractivity contribution is -0.749. The normalized spacial score (nSPS) is 20.9. The molecule has 0 spiro atoms. The van der Waals surface area contributed by atoms with Crippen LogP contribution in [0.5, 0.6) is 0 Å². The van der Waals surface area contributed by atoms with Gasteiger partial charge in [-0.2, -0.15) is 0 Å². The summed E-state index contributed by atoms with van der Waals surface area (Å²) in [6.45, 7) is 7.44. The highest BCUT2D eigenvalue weighted by Gasteiger charge is 2.20. The Kier molecular flexibility index (Phi) is 4.83. The maximum Gasteiger partial charge on any atom is 0.673 e. The van der Waals surface area contributed by atoms with Gasteiger partial charge in [0.25, 0.3) is 0 Å². The van der Waals surface area contributed by atoms with Gasteiger partial charge in [-0.25, -0.2) is 4.99 Å². The van der Waals surface area contributed by atoms with Crippen LogP contribution in [0.3, 0.4) is 0 Å². The molecule has 1 N–H and O–H groups in total. The molecule has 7 heteroatoms. The van der Waals surface area contributed by atoms with Gasteiger partial charge in [-0.15, -0.1) is 0 Å². The zero-order valence-electron chi connectivity index (χ0n) is 8.32. The first-order chi connectivity index (χ1) is 6.25. The van der Waals surface area contributed by atoms with Crippen molar-refractivity contribution >= 4 is 13.6 Å². The van der Waals surface area contributed by atoms with Crippen molar-refractivity contribution in [1.29, 1.82) is 0 Å². The summed E-state index contributed by atoms with van der Waals surface area (Å²) in [5.41, 5.74) is 2.53. The third-order valence-electron chi connectivity index (χ3n) is 1.82. The molecule has 0 aromatic carbocycles. The molecule has 82 valence electrons. The molecule has 0 radical (unpaired) electrons. The molecule has 2 nitrogen and oxygen atoms in total. The number of nitrogens with one attached hydrogen (secondary N) is 1. The van der Waals surface area contributed by atoms with Crippen molar-refractivity contribution in [3.05, 3.63) is 11.4 Å². The van der Waals surface area contributed by atoms with Crippen molar-refractivity contribution in [1.82, 2.24) is 0 Å². The van der Waals surface area contributed by atoms with Gasteiger partial charge in [0.2, 0.25) is 0 Å². The van der Waals surface area contributed by atoms with E-state index in [4.69, 9.17) is 0 Å². The Morgan fingerprint density at radius 1 is 1.29 bits per heavy atom. The third kappa shape index (κ3) is 5.74. The highest BCUT2D eigenvalue weighted by molar-refractivity contribution is 6.50. The van der Waals surface area contributed by atoms with Gasteiger partial charge >= 0.3 is 7.25 Å². The smallest absolute Gasteiger partial charge is 0.418 e. The largest absolute Gasteiger partial charge is 0.673 e. The second-order valence-corrected chi connectivity index (χ2v) is 2.84. The van der Waals surface area contributed by atoms with Gasteiger partial charge in [0.05, 0.1) is 12.2 Å². The van der Waals surface area contributed by atoms with Crippen LogP contribution in [0.15, 0.2) is 16.4 Å². The zero-order valence-corrected chi connectivity index (χ0v) is 8.32. The van der Waals surface area contributed by atoms with E-state index in [0.717, 1.165) is 6.54 Å². The molecule has 0 bridgehead atoms. The average molecular weight is 212 g/mol. The lowest BCUT2D eigenvalue weighted by atomic mass is 10.3. The fourth-order valence-electron chi connectivity index (χ4n) is 0.957. The predicted molar refractivity (Wildman–Crippen MR) is 48.6 cm³/mol. The summed E-state index contributed by atoms with van der Waals surface area (Å²) in [7, 11) is -6.00. The summed E-state index contributed by atoms with van der Waals surface area (Å²) in [6, 6.07) is 0. The van der Waals surface area contributed by atoms with Gasteiger partial charge in [-0.3, -0.25) is 4.90 Å². The van der Waals surface area contributed by atoms with Gasteiger partial charge in [-0.1, -0.05) is 0 Å². The summed E-state index contributed by atoms with van der Waals surface area (Å²) in [5.74, 6) is 0. The molecule has 14 heavy (non-hydrogen) atoms. The quantitative estimate of drug-likeness (QED) is 0.500. The minimum Gasteiger partial charge on any atom is -0.418 e. The van der Waals surface area contributed by atoms with Crippen LogP contribution >= 0.6 is 0 Å². The van der Waals surface area contributed by atoms with Gasteiger partial charge in [-0.05, 0) is 13.8 Å². The van der Waals surface area contributed by atoms with Crippen molar-refractivity contribution in [2.45, 2.75) is 20.8 Å². The highest BCUT2D eigenvalue weighted by Crippen LogP contribution is 2.06. The summed E-state index contributed by atoms with van der Waals surface area (Å²) >= 11 is 0. The Morgan fingerprint density at radius 2 is 1.71 bits per heavy atom. The molecule has 1 aliphatic rings. The van der Waals surface area contributed by atoms with Crippen LogP contribution in [-0.2, 0) is 0 Å². The molecule has 0 fully saturated rings. The van der Waals surface area contributed by atoms with E-state index in [2.05, 4.69) is 25.8 Å². The number of hydrogen-bond acceptors (Lipinski definition) is 1. The van der Waals surface area contributed by atoms with Crippen molar-refractivity contribution in [2.75, 3.05) is 6.54 Å². The molecule has 1 aliphatic heterocycles. The predicted octanol–water partition coefficient (Wildman–Crippen LogP) is 1.48. The van der Waals surface area contributed by atoms with Crippen molar-refractivity contribution in [3.8, 4) is 0 Å². The third-order valence-corrected chi connectivity index (χ3v) is 1.82. The number of rotatable bonds is 1. The fraction of sp³-hybridized carbons (Fsp3) is 0.571. The first-order valence-electron chi connectivity index (χ1n) is 4.20. The van der Waals surface area contributed by atoms with E-state index in [0.29, 0.717) is 0 Å². The van der Waals surface area contributed by atoms with Crippen LogP contribution < -0.4 is 4.90 Å². The standard InChI is InChI=1S/C7H12N2.BF4/c1-4-9-5-8-6(2)7(9)3;2-1(3,4)5/h5H,4H2,1-3H3;/q;-1/p+1. The molecule has 1 heterocycles. The van der Waals surface area contributed by atoms with Crippen molar-refractivity contribution in [2.24, 2.45) is 4.99 Å². The van der Waals surface area contributed by atoms with E-state index in [1.165, 1.54) is 16.3 Å². The Balaban J connectivity index is 0.000000292. The minimum absolute atomic E-state index is 1.10. The summed E-state index contributed by atoms with van der Waals surface area (Å²) in [4.78, 5) is 5.57. The second kappa shape index (κ2) is 5.14. The van der Waals surface area contributed by atoms with Gasteiger partial charge in [0, 0.05) is 6.92 Å². The van der Waals surface area contributed by atoms with E-state index >= 15 is 0 Å². The van der Waals surface area contributed by atoms with E-state index in [-0.39, 0.29) is 0 Å². The maximum absolute atomic E-state index is 9.75. The fourth-order valence-corrected chi connectivity index (χ4v) is 0.957. The molecule has 0 saturated heterocycles. The molecule has 0 aliphatic carbocycles. The number of quaternary nitrogens is 1. The zero-order chi connectivity index (χ0) is 11.4. The number of allylic oxidation sites excluding steroid dienone is 2. The lowest BCUT2D eigenvalue weighted by Crippen LogP contribution is -3.07. The molecular formula is C7H13BF4N2. The van der Waals surface area contributed by atoms with Crippen LogP contribution in [0, 0.1) is 0 Å². The van der Waals surface area contributed by atoms with E-state index in [1.807, 2.05) is 6.34 Å². The molecule has 0 saturated carbocycles. The number of hydrogen-bond donors (Lipinski definition) is 1. The number of nitrogens with zero attached hydrogens (tertiary/aromatic N) is 1. The molecular weight excluding hydrogens is 199 g/mol. The minimum atomic E-state index is -6.00. The SMILES string of the molecule is CC[NH+]1C=NC(C)=C1C.F[B-](F)(F)F. The van der Waals surface area contributed by atoms with Crippen LogP contribution in [0.2, 0.25) is 0 Å². The highest BCUT2D eigenvalue weighted by atomic mass is 19.5. The first-order valence-corrected chi connectivity index (χ1v) is 4.20. The van der Waals surface area contributed by atoms with Crippen LogP contribution in [0.1, 0.15) is 20.8 Å². The Hall–Kier alpha value is -0.845. The van der Waals surface area contributed by atoms with E-state index in [1.54, 1.807) is 0 Å². The molecule has 1 rings (SSSR count). The summed E-state index contributed by atoms with van der Waals surface area (Å²) in [5, 5.41) is 0. The van der Waals surface area contributed by atoms with Crippen LogP contribution in [-0.4, -0.2) is 20.1 Å². The molecule has 0 aromatic rings.